The van der Waals surface area contributed by atoms with E-state index in [2.05, 4.69) is 15.2 Å². The number of carbonyl (C=O) groups is 1. The quantitative estimate of drug-likeness (QED) is 0.333. The fourth-order valence-electron chi connectivity index (χ4n) is 3.28. The Morgan fingerprint density at radius 3 is 2.72 bits per heavy atom. The number of nitrogens with two attached hydrogens (primary N) is 1. The van der Waals surface area contributed by atoms with Gasteiger partial charge < -0.3 is 14.8 Å². The van der Waals surface area contributed by atoms with Crippen molar-refractivity contribution in [1.82, 2.24) is 19.9 Å². The summed E-state index contributed by atoms with van der Waals surface area (Å²) < 4.78 is 13.3. The average Bonchev–Trinajstić information content (AvgIpc) is 3.18. The molecule has 1 aliphatic heterocycles. The van der Waals surface area contributed by atoms with E-state index in [0.717, 1.165) is 55.3 Å². The number of benzene rings is 2. The molecular formula is C20H24N6O3. The van der Waals surface area contributed by atoms with E-state index in [1.165, 1.54) is 0 Å². The van der Waals surface area contributed by atoms with Crippen LogP contribution in [0.3, 0.4) is 0 Å². The van der Waals surface area contributed by atoms with Crippen molar-refractivity contribution in [1.29, 1.82) is 0 Å². The van der Waals surface area contributed by atoms with Crippen LogP contribution in [-0.2, 0) is 4.74 Å². The normalized spacial score (nSPS) is 14.7. The molecule has 0 bridgehead atoms. The second-order valence-corrected chi connectivity index (χ2v) is 6.71. The largest absolute Gasteiger partial charge is 0.492 e. The molecule has 2 amide bonds. The van der Waals surface area contributed by atoms with E-state index in [0.29, 0.717) is 12.3 Å². The fraction of sp³-hybridized carbons (Fsp3) is 0.300. The molecule has 9 heteroatoms. The molecule has 1 aliphatic rings. The highest BCUT2D eigenvalue weighted by Gasteiger charge is 2.11. The third-order valence-electron chi connectivity index (χ3n) is 4.83. The highest BCUT2D eigenvalue weighted by molar-refractivity contribution is 5.89. The second kappa shape index (κ2) is 8.91. The van der Waals surface area contributed by atoms with E-state index in [9.17, 15) is 4.79 Å². The number of morpholine rings is 1. The number of nitrogens with one attached hydrogen (secondary N) is 2. The van der Waals surface area contributed by atoms with Crippen molar-refractivity contribution < 1.29 is 14.3 Å². The molecule has 0 unspecified atom stereocenters. The molecule has 2 aromatic carbocycles. The number of urea groups is 1. The van der Waals surface area contributed by atoms with Crippen LogP contribution in [0.1, 0.15) is 0 Å². The topological polar surface area (TPSA) is 107 Å². The lowest BCUT2D eigenvalue weighted by molar-refractivity contribution is 0.0322. The molecule has 0 atom stereocenters. The molecule has 3 aromatic rings. The fourth-order valence-corrected chi connectivity index (χ4v) is 3.28. The summed E-state index contributed by atoms with van der Waals surface area (Å²) in [6, 6.07) is 12.9. The van der Waals surface area contributed by atoms with Gasteiger partial charge in [-0.3, -0.25) is 14.9 Å². The number of fused-ring (bicyclic) bond motifs is 1. The van der Waals surface area contributed by atoms with Gasteiger partial charge in [-0.05, 0) is 36.4 Å². The summed E-state index contributed by atoms with van der Waals surface area (Å²) in [5.74, 6) is 5.89. The number of nitrogens with zero attached hydrogens (tertiary/aromatic N) is 3. The molecule has 4 rings (SSSR count). The molecule has 1 aromatic heterocycles. The van der Waals surface area contributed by atoms with E-state index in [1.807, 2.05) is 40.3 Å². The van der Waals surface area contributed by atoms with Crippen LogP contribution in [0.2, 0.25) is 0 Å². The van der Waals surface area contributed by atoms with E-state index < -0.39 is 6.03 Å². The van der Waals surface area contributed by atoms with Crippen LogP contribution in [0, 0.1) is 0 Å². The van der Waals surface area contributed by atoms with E-state index in [-0.39, 0.29) is 0 Å². The number of hydrogen-bond donors (Lipinski definition) is 3. The van der Waals surface area contributed by atoms with Crippen molar-refractivity contribution in [3.8, 4) is 11.4 Å². The zero-order chi connectivity index (χ0) is 20.1. The standard InChI is InChI=1S/C20H24N6O3/c21-24-20(27)23-15-1-3-16(4-2-15)26-14-22-18-13-17(5-6-19(18)26)29-12-9-25-7-10-28-11-8-25/h1-6,13-14H,7-12,21H2,(H2,23,24,27). The molecule has 152 valence electrons. The Morgan fingerprint density at radius 1 is 1.17 bits per heavy atom. The Labute approximate surface area is 168 Å². The number of amides is 2. The first-order valence-corrected chi connectivity index (χ1v) is 9.51. The third kappa shape index (κ3) is 4.65. The first kappa shape index (κ1) is 19.2. The van der Waals surface area contributed by atoms with E-state index >= 15 is 0 Å². The highest BCUT2D eigenvalue weighted by atomic mass is 16.5. The highest BCUT2D eigenvalue weighted by Crippen LogP contribution is 2.23. The van der Waals surface area contributed by atoms with Gasteiger partial charge in [0.25, 0.3) is 0 Å². The number of imidazole rings is 1. The minimum absolute atomic E-state index is 0.466. The maximum absolute atomic E-state index is 11.3. The summed E-state index contributed by atoms with van der Waals surface area (Å²) >= 11 is 0. The maximum Gasteiger partial charge on any atom is 0.333 e. The van der Waals surface area contributed by atoms with Crippen molar-refractivity contribution in [2.45, 2.75) is 0 Å². The smallest absolute Gasteiger partial charge is 0.333 e. The molecule has 2 heterocycles. The molecule has 29 heavy (non-hydrogen) atoms. The molecule has 4 N–H and O–H groups in total. The van der Waals surface area contributed by atoms with E-state index in [4.69, 9.17) is 15.3 Å². The molecule has 1 fully saturated rings. The summed E-state index contributed by atoms with van der Waals surface area (Å²) in [6.45, 7) is 5.02. The minimum atomic E-state index is -0.466. The number of anilines is 1. The maximum atomic E-state index is 11.3. The number of hydrogen-bond acceptors (Lipinski definition) is 6. The van der Waals surface area contributed by atoms with Crippen LogP contribution in [0.25, 0.3) is 16.7 Å². The van der Waals surface area contributed by atoms with Crippen LogP contribution in [0.4, 0.5) is 10.5 Å². The molecule has 0 aliphatic carbocycles. The summed E-state index contributed by atoms with van der Waals surface area (Å²) in [5.41, 5.74) is 5.46. The summed E-state index contributed by atoms with van der Waals surface area (Å²) in [4.78, 5) is 18.1. The van der Waals surface area contributed by atoms with Crippen molar-refractivity contribution >= 4 is 22.8 Å². The van der Waals surface area contributed by atoms with Crippen molar-refractivity contribution in [3.63, 3.8) is 0 Å². The van der Waals surface area contributed by atoms with Gasteiger partial charge in [-0.15, -0.1) is 0 Å². The number of ether oxygens (including phenoxy) is 2. The number of aromatic nitrogens is 2. The lowest BCUT2D eigenvalue weighted by Crippen LogP contribution is -2.38. The van der Waals surface area contributed by atoms with Gasteiger partial charge in [-0.25, -0.2) is 15.6 Å². The van der Waals surface area contributed by atoms with Crippen LogP contribution >= 0.6 is 0 Å². The van der Waals surface area contributed by atoms with Gasteiger partial charge >= 0.3 is 6.03 Å². The predicted octanol–water partition coefficient (Wildman–Crippen LogP) is 1.73. The summed E-state index contributed by atoms with van der Waals surface area (Å²) in [7, 11) is 0. The second-order valence-electron chi connectivity index (χ2n) is 6.71. The zero-order valence-corrected chi connectivity index (χ0v) is 16.0. The van der Waals surface area contributed by atoms with Gasteiger partial charge in [0.2, 0.25) is 0 Å². The van der Waals surface area contributed by atoms with Crippen molar-refractivity contribution in [2.75, 3.05) is 44.8 Å². The van der Waals surface area contributed by atoms with Gasteiger partial charge in [0.1, 0.15) is 18.7 Å². The molecular weight excluding hydrogens is 372 g/mol. The Hall–Kier alpha value is -3.14. The number of rotatable bonds is 6. The molecule has 1 saturated heterocycles. The van der Waals surface area contributed by atoms with Gasteiger partial charge in [-0.2, -0.15) is 0 Å². The van der Waals surface area contributed by atoms with Crippen molar-refractivity contribution in [2.24, 2.45) is 5.84 Å². The van der Waals surface area contributed by atoms with Gasteiger partial charge in [-0.1, -0.05) is 0 Å². The van der Waals surface area contributed by atoms with Crippen LogP contribution < -0.4 is 21.3 Å². The predicted molar refractivity (Wildman–Crippen MR) is 110 cm³/mol. The van der Waals surface area contributed by atoms with Crippen LogP contribution in [0.15, 0.2) is 48.8 Å². The summed E-state index contributed by atoms with van der Waals surface area (Å²) in [6.07, 6.45) is 1.78. The Morgan fingerprint density at radius 2 is 1.97 bits per heavy atom. The van der Waals surface area contributed by atoms with Crippen LogP contribution in [0.5, 0.6) is 5.75 Å². The summed E-state index contributed by atoms with van der Waals surface area (Å²) in [5, 5.41) is 2.63. The van der Waals surface area contributed by atoms with Gasteiger partial charge in [0, 0.05) is 37.1 Å². The first-order chi connectivity index (χ1) is 14.2. The van der Waals surface area contributed by atoms with Crippen LogP contribution in [-0.4, -0.2) is 59.9 Å². The Balaban J connectivity index is 1.41. The molecule has 0 radical (unpaired) electrons. The minimum Gasteiger partial charge on any atom is -0.492 e. The monoisotopic (exact) mass is 396 g/mol. The third-order valence-corrected chi connectivity index (χ3v) is 4.83. The number of hydrazine groups is 1. The lowest BCUT2D eigenvalue weighted by atomic mass is 10.2. The first-order valence-electron chi connectivity index (χ1n) is 9.51. The SMILES string of the molecule is NNC(=O)Nc1ccc(-n2cnc3cc(OCCN4CCOCC4)ccc32)cc1. The van der Waals surface area contributed by atoms with Crippen molar-refractivity contribution in [3.05, 3.63) is 48.8 Å². The Kier molecular flexibility index (Phi) is 5.89. The van der Waals surface area contributed by atoms with Gasteiger partial charge in [0.15, 0.2) is 0 Å². The Bertz CT molecular complexity index is 966. The van der Waals surface area contributed by atoms with Gasteiger partial charge in [0.05, 0.1) is 24.2 Å². The van der Waals surface area contributed by atoms with E-state index in [1.54, 1.807) is 18.5 Å². The zero-order valence-electron chi connectivity index (χ0n) is 16.0. The molecule has 9 nitrogen and oxygen atoms in total. The molecule has 0 saturated carbocycles. The number of carbonyl (C=O) groups excluding carboxylic acids is 1. The lowest BCUT2D eigenvalue weighted by Gasteiger charge is -2.26. The molecule has 0 spiro atoms. The average molecular weight is 396 g/mol.